The van der Waals surface area contributed by atoms with Gasteiger partial charge in [0.2, 0.25) is 5.91 Å². The molecule has 1 spiro atoms. The molecule has 0 unspecified atom stereocenters. The van der Waals surface area contributed by atoms with Gasteiger partial charge in [-0.1, -0.05) is 33.1 Å². The molecule has 2 fully saturated rings. The zero-order valence-electron chi connectivity index (χ0n) is 13.4. The number of likely N-dealkylation sites (tertiary alicyclic amines) is 1. The van der Waals surface area contributed by atoms with Gasteiger partial charge in [0.05, 0.1) is 5.41 Å². The van der Waals surface area contributed by atoms with Crippen LogP contribution in [0.1, 0.15) is 71.6 Å². The maximum Gasteiger partial charge on any atom is 0.230 e. The van der Waals surface area contributed by atoms with Gasteiger partial charge in [0, 0.05) is 19.6 Å². The summed E-state index contributed by atoms with van der Waals surface area (Å²) in [6, 6.07) is 0. The van der Waals surface area contributed by atoms with Crippen LogP contribution < -0.4 is 5.73 Å². The summed E-state index contributed by atoms with van der Waals surface area (Å²) >= 11 is 0. The number of hydrogen-bond acceptors (Lipinski definition) is 2. The van der Waals surface area contributed by atoms with Gasteiger partial charge in [-0.05, 0) is 43.9 Å². The van der Waals surface area contributed by atoms with Gasteiger partial charge >= 0.3 is 0 Å². The molecule has 3 heteroatoms. The van der Waals surface area contributed by atoms with Crippen molar-refractivity contribution < 1.29 is 4.79 Å². The van der Waals surface area contributed by atoms with E-state index in [2.05, 4.69) is 18.7 Å². The van der Waals surface area contributed by atoms with Crippen molar-refractivity contribution >= 4 is 5.91 Å². The molecule has 2 rings (SSSR count). The number of nitrogens with two attached hydrogens (primary N) is 1. The molecule has 3 nitrogen and oxygen atoms in total. The molecule has 0 aromatic carbocycles. The quantitative estimate of drug-likeness (QED) is 0.858. The summed E-state index contributed by atoms with van der Waals surface area (Å²) < 4.78 is 0. The Morgan fingerprint density at radius 3 is 2.05 bits per heavy atom. The Bertz CT molecular complexity index is 312. The zero-order chi connectivity index (χ0) is 14.6. The lowest BCUT2D eigenvalue weighted by Gasteiger charge is -2.46. The van der Waals surface area contributed by atoms with E-state index in [0.717, 1.165) is 25.9 Å². The fourth-order valence-electron chi connectivity index (χ4n) is 4.25. The Morgan fingerprint density at radius 2 is 1.60 bits per heavy atom. The molecule has 2 aliphatic rings. The van der Waals surface area contributed by atoms with Crippen LogP contribution in [-0.4, -0.2) is 30.4 Å². The van der Waals surface area contributed by atoms with Gasteiger partial charge in [-0.15, -0.1) is 0 Å². The molecule has 1 aliphatic carbocycles. The van der Waals surface area contributed by atoms with Crippen molar-refractivity contribution in [2.24, 2.45) is 16.6 Å². The van der Waals surface area contributed by atoms with Crippen molar-refractivity contribution in [3.8, 4) is 0 Å². The minimum atomic E-state index is -0.308. The lowest BCUT2D eigenvalue weighted by atomic mass is 9.68. The summed E-state index contributed by atoms with van der Waals surface area (Å²) in [4.78, 5) is 14.9. The highest BCUT2D eigenvalue weighted by atomic mass is 16.2. The molecule has 1 aliphatic heterocycles. The normalized spacial score (nSPS) is 23.1. The second-order valence-electron chi connectivity index (χ2n) is 7.04. The molecule has 1 saturated carbocycles. The highest BCUT2D eigenvalue weighted by Crippen LogP contribution is 2.45. The summed E-state index contributed by atoms with van der Waals surface area (Å²) in [6.45, 7) is 6.60. The van der Waals surface area contributed by atoms with E-state index in [1.165, 1.54) is 44.9 Å². The molecule has 1 amide bonds. The molecular formula is C17H32N2O. The third-order valence-electron chi connectivity index (χ3n) is 6.22. The lowest BCUT2D eigenvalue weighted by Crippen LogP contribution is -2.52. The van der Waals surface area contributed by atoms with Crippen LogP contribution in [0.3, 0.4) is 0 Å². The second kappa shape index (κ2) is 6.46. The zero-order valence-corrected chi connectivity index (χ0v) is 13.4. The number of amides is 1. The van der Waals surface area contributed by atoms with E-state index in [4.69, 9.17) is 5.73 Å². The Kier molecular flexibility index (Phi) is 5.11. The standard InChI is InChI=1S/C17H32N2O/c1-3-17(4-2,14-18)15(20)19-12-10-16(11-13-19)8-6-5-7-9-16/h3-14,18H2,1-2H3. The molecule has 0 atom stereocenters. The molecule has 2 N–H and O–H groups in total. The Labute approximate surface area is 124 Å². The van der Waals surface area contributed by atoms with Crippen molar-refractivity contribution in [1.29, 1.82) is 0 Å². The van der Waals surface area contributed by atoms with Crippen LogP contribution in [-0.2, 0) is 4.79 Å². The van der Waals surface area contributed by atoms with E-state index in [-0.39, 0.29) is 5.41 Å². The van der Waals surface area contributed by atoms with E-state index in [9.17, 15) is 4.79 Å². The molecular weight excluding hydrogens is 248 g/mol. The maximum atomic E-state index is 12.8. The van der Waals surface area contributed by atoms with Crippen LogP contribution >= 0.6 is 0 Å². The largest absolute Gasteiger partial charge is 0.342 e. The molecule has 1 heterocycles. The first-order valence-corrected chi connectivity index (χ1v) is 8.61. The molecule has 0 aromatic rings. The van der Waals surface area contributed by atoms with Gasteiger partial charge in [-0.2, -0.15) is 0 Å². The smallest absolute Gasteiger partial charge is 0.230 e. The Hall–Kier alpha value is -0.570. The van der Waals surface area contributed by atoms with E-state index in [1.54, 1.807) is 0 Å². The van der Waals surface area contributed by atoms with Gasteiger partial charge in [-0.25, -0.2) is 0 Å². The summed E-state index contributed by atoms with van der Waals surface area (Å²) in [5, 5.41) is 0. The molecule has 0 radical (unpaired) electrons. The fourth-order valence-corrected chi connectivity index (χ4v) is 4.25. The number of hydrogen-bond donors (Lipinski definition) is 1. The van der Waals surface area contributed by atoms with E-state index >= 15 is 0 Å². The van der Waals surface area contributed by atoms with E-state index in [1.807, 2.05) is 0 Å². The third kappa shape index (κ3) is 2.88. The highest BCUT2D eigenvalue weighted by molar-refractivity contribution is 5.83. The number of piperidine rings is 1. The lowest BCUT2D eigenvalue weighted by molar-refractivity contribution is -0.145. The van der Waals surface area contributed by atoms with Crippen molar-refractivity contribution in [2.45, 2.75) is 71.6 Å². The topological polar surface area (TPSA) is 46.3 Å². The number of carbonyl (C=O) groups is 1. The van der Waals surface area contributed by atoms with Crippen molar-refractivity contribution in [2.75, 3.05) is 19.6 Å². The van der Waals surface area contributed by atoms with Crippen LogP contribution in [0.15, 0.2) is 0 Å². The molecule has 0 bridgehead atoms. The predicted molar refractivity (Wildman–Crippen MR) is 83.4 cm³/mol. The average Bonchev–Trinajstić information content (AvgIpc) is 2.51. The summed E-state index contributed by atoms with van der Waals surface area (Å²) in [7, 11) is 0. The van der Waals surface area contributed by atoms with Gasteiger partial charge in [0.15, 0.2) is 0 Å². The summed E-state index contributed by atoms with van der Waals surface area (Å²) in [5.41, 5.74) is 6.19. The van der Waals surface area contributed by atoms with Crippen LogP contribution in [0.2, 0.25) is 0 Å². The number of nitrogens with zero attached hydrogens (tertiary/aromatic N) is 1. The van der Waals surface area contributed by atoms with Crippen LogP contribution in [0.25, 0.3) is 0 Å². The molecule has 0 aromatic heterocycles. The number of rotatable bonds is 4. The third-order valence-corrected chi connectivity index (χ3v) is 6.22. The first-order chi connectivity index (χ1) is 9.61. The second-order valence-corrected chi connectivity index (χ2v) is 7.04. The van der Waals surface area contributed by atoms with Crippen molar-refractivity contribution in [3.63, 3.8) is 0 Å². The highest BCUT2D eigenvalue weighted by Gasteiger charge is 2.41. The summed E-state index contributed by atoms with van der Waals surface area (Å²) in [5.74, 6) is 0.315. The van der Waals surface area contributed by atoms with Crippen molar-refractivity contribution in [3.05, 3.63) is 0 Å². The number of carbonyl (C=O) groups excluding carboxylic acids is 1. The van der Waals surface area contributed by atoms with Gasteiger partial charge in [0.25, 0.3) is 0 Å². The Balaban J connectivity index is 1.97. The Morgan fingerprint density at radius 1 is 1.05 bits per heavy atom. The minimum Gasteiger partial charge on any atom is -0.342 e. The van der Waals surface area contributed by atoms with Gasteiger partial charge < -0.3 is 10.6 Å². The monoisotopic (exact) mass is 280 g/mol. The predicted octanol–water partition coefficient (Wildman–Crippen LogP) is 3.32. The van der Waals surface area contributed by atoms with Gasteiger partial charge in [0.1, 0.15) is 0 Å². The van der Waals surface area contributed by atoms with Gasteiger partial charge in [-0.3, -0.25) is 4.79 Å². The SMILES string of the molecule is CCC(CC)(CN)C(=O)N1CCC2(CCCCC2)CC1. The van der Waals surface area contributed by atoms with Crippen molar-refractivity contribution in [1.82, 2.24) is 4.90 Å². The fraction of sp³-hybridized carbons (Fsp3) is 0.941. The average molecular weight is 280 g/mol. The molecule has 20 heavy (non-hydrogen) atoms. The van der Waals surface area contributed by atoms with Crippen LogP contribution in [0, 0.1) is 10.8 Å². The summed E-state index contributed by atoms with van der Waals surface area (Å²) in [6.07, 6.45) is 11.1. The first-order valence-electron chi connectivity index (χ1n) is 8.61. The first kappa shape index (κ1) is 15.8. The van der Waals surface area contributed by atoms with Crippen LogP contribution in [0.4, 0.5) is 0 Å². The van der Waals surface area contributed by atoms with E-state index in [0.29, 0.717) is 17.9 Å². The minimum absolute atomic E-state index is 0.308. The molecule has 116 valence electrons. The van der Waals surface area contributed by atoms with Crippen LogP contribution in [0.5, 0.6) is 0 Å². The van der Waals surface area contributed by atoms with E-state index < -0.39 is 0 Å². The molecule has 1 saturated heterocycles. The maximum absolute atomic E-state index is 12.8.